The van der Waals surface area contributed by atoms with Gasteiger partial charge >= 0.3 is 0 Å². The molecule has 0 aromatic heterocycles. The van der Waals surface area contributed by atoms with Gasteiger partial charge in [-0.25, -0.2) is 4.39 Å². The average Bonchev–Trinajstić information content (AvgIpc) is 2.29. The van der Waals surface area contributed by atoms with Crippen molar-refractivity contribution in [3.63, 3.8) is 0 Å². The molecule has 0 saturated heterocycles. The molecule has 0 radical (unpaired) electrons. The molecule has 1 heterocycles. The van der Waals surface area contributed by atoms with Gasteiger partial charge in [0.2, 0.25) is 0 Å². The van der Waals surface area contributed by atoms with E-state index in [0.29, 0.717) is 5.02 Å². The summed E-state index contributed by atoms with van der Waals surface area (Å²) < 4.78 is 14.2. The first-order valence-corrected chi connectivity index (χ1v) is 6.26. The van der Waals surface area contributed by atoms with E-state index in [2.05, 4.69) is 12.2 Å². The Morgan fingerprint density at radius 2 is 2.31 bits per heavy atom. The van der Waals surface area contributed by atoms with Crippen LogP contribution in [-0.2, 0) is 6.54 Å². The van der Waals surface area contributed by atoms with Crippen molar-refractivity contribution in [2.45, 2.75) is 44.9 Å². The third kappa shape index (κ3) is 2.38. The lowest BCUT2D eigenvalue weighted by molar-refractivity contribution is 0.222. The van der Waals surface area contributed by atoms with Crippen LogP contribution in [0.15, 0.2) is 18.2 Å². The largest absolute Gasteiger partial charge is 0.307 e. The summed E-state index contributed by atoms with van der Waals surface area (Å²) in [5, 5.41) is 3.88. The quantitative estimate of drug-likeness (QED) is 0.843. The lowest BCUT2D eigenvalue weighted by atomic mass is 9.91. The third-order valence-electron chi connectivity index (χ3n) is 3.18. The number of unbranched alkanes of at least 4 members (excludes halogenated alkanes) is 1. The number of rotatable bonds is 3. The van der Waals surface area contributed by atoms with E-state index in [1.54, 1.807) is 6.07 Å². The molecule has 1 aliphatic rings. The molecule has 3 heteroatoms. The number of alkyl halides is 1. The molecule has 1 aromatic carbocycles. The second-order valence-corrected chi connectivity index (χ2v) is 4.81. The van der Waals surface area contributed by atoms with Gasteiger partial charge in [0.15, 0.2) is 0 Å². The fourth-order valence-electron chi connectivity index (χ4n) is 2.22. The van der Waals surface area contributed by atoms with Gasteiger partial charge in [0, 0.05) is 17.6 Å². The van der Waals surface area contributed by atoms with E-state index < -0.39 is 6.17 Å². The van der Waals surface area contributed by atoms with Crippen LogP contribution < -0.4 is 5.32 Å². The van der Waals surface area contributed by atoms with Crippen LogP contribution in [0.2, 0.25) is 5.02 Å². The first kappa shape index (κ1) is 11.9. The van der Waals surface area contributed by atoms with Gasteiger partial charge in [-0.15, -0.1) is 0 Å². The van der Waals surface area contributed by atoms with Crippen LogP contribution in [0.25, 0.3) is 0 Å². The number of halogens is 2. The minimum atomic E-state index is -0.922. The van der Waals surface area contributed by atoms with E-state index >= 15 is 0 Å². The normalized spacial score (nSPS) is 24.2. The van der Waals surface area contributed by atoms with Crippen molar-refractivity contribution < 1.29 is 4.39 Å². The molecule has 2 atom stereocenters. The minimum absolute atomic E-state index is 0.0501. The van der Waals surface area contributed by atoms with Crippen LogP contribution in [0, 0.1) is 0 Å². The molecule has 0 spiro atoms. The molecule has 0 amide bonds. The molecular weight excluding hydrogens is 225 g/mol. The van der Waals surface area contributed by atoms with Gasteiger partial charge in [0.1, 0.15) is 6.17 Å². The van der Waals surface area contributed by atoms with Crippen molar-refractivity contribution in [1.82, 2.24) is 5.32 Å². The minimum Gasteiger partial charge on any atom is -0.307 e. The van der Waals surface area contributed by atoms with Gasteiger partial charge in [-0.3, -0.25) is 0 Å². The van der Waals surface area contributed by atoms with Gasteiger partial charge in [-0.1, -0.05) is 37.4 Å². The zero-order chi connectivity index (χ0) is 11.5. The van der Waals surface area contributed by atoms with Crippen molar-refractivity contribution >= 4 is 11.6 Å². The Kier molecular flexibility index (Phi) is 3.82. The maximum Gasteiger partial charge on any atom is 0.141 e. The van der Waals surface area contributed by atoms with Gasteiger partial charge in [0.05, 0.1) is 0 Å². The Balaban J connectivity index is 2.17. The van der Waals surface area contributed by atoms with E-state index in [1.807, 2.05) is 12.1 Å². The van der Waals surface area contributed by atoms with Gasteiger partial charge < -0.3 is 5.32 Å². The van der Waals surface area contributed by atoms with Gasteiger partial charge in [0.25, 0.3) is 0 Å². The highest BCUT2D eigenvalue weighted by atomic mass is 35.5. The predicted octanol–water partition coefficient (Wildman–Crippen LogP) is 4.01. The van der Waals surface area contributed by atoms with Crippen molar-refractivity contribution in [3.8, 4) is 0 Å². The van der Waals surface area contributed by atoms with E-state index in [0.717, 1.165) is 36.9 Å². The third-order valence-corrected chi connectivity index (χ3v) is 3.42. The fraction of sp³-hybridized carbons (Fsp3) is 0.538. The Morgan fingerprint density at radius 1 is 1.50 bits per heavy atom. The van der Waals surface area contributed by atoms with Gasteiger partial charge in [-0.05, 0) is 29.7 Å². The van der Waals surface area contributed by atoms with Crippen LogP contribution in [0.1, 0.15) is 43.5 Å². The number of fused-ring (bicyclic) bond motifs is 1. The summed E-state index contributed by atoms with van der Waals surface area (Å²) in [6, 6.07) is 5.45. The Hall–Kier alpha value is -0.600. The number of hydrogen-bond donors (Lipinski definition) is 1. The van der Waals surface area contributed by atoms with Crippen LogP contribution in [0.4, 0.5) is 4.39 Å². The maximum absolute atomic E-state index is 14.2. The number of benzene rings is 1. The molecule has 2 rings (SSSR count). The summed E-state index contributed by atoms with van der Waals surface area (Å²) >= 11 is 5.91. The number of hydrogen-bond acceptors (Lipinski definition) is 1. The highest BCUT2D eigenvalue weighted by Crippen LogP contribution is 2.33. The van der Waals surface area contributed by atoms with Crippen molar-refractivity contribution in [1.29, 1.82) is 0 Å². The molecule has 0 bridgehead atoms. The lowest BCUT2D eigenvalue weighted by Gasteiger charge is -2.29. The van der Waals surface area contributed by atoms with Crippen molar-refractivity contribution in [2.75, 3.05) is 0 Å². The standard InChI is InChI=1S/C13H17ClFN/c1-2-3-4-12-13(15)11-7-10(14)6-5-9(11)8-16-12/h5-7,12-13,16H,2-4,8H2,1H3/t12-,13-/m1/s1. The Morgan fingerprint density at radius 3 is 3.06 bits per heavy atom. The molecule has 16 heavy (non-hydrogen) atoms. The molecule has 0 unspecified atom stereocenters. The Bertz CT molecular complexity index is 367. The SMILES string of the molecule is CCCC[C@H]1NCc2ccc(Cl)cc2[C@H]1F. The summed E-state index contributed by atoms with van der Waals surface area (Å²) in [5.74, 6) is 0. The molecular formula is C13H17ClFN. The molecule has 0 fully saturated rings. The van der Waals surface area contributed by atoms with Crippen LogP contribution in [-0.4, -0.2) is 6.04 Å². The molecule has 1 N–H and O–H groups in total. The molecule has 0 aliphatic carbocycles. The second kappa shape index (κ2) is 5.15. The summed E-state index contributed by atoms with van der Waals surface area (Å²) in [4.78, 5) is 0. The monoisotopic (exact) mass is 241 g/mol. The van der Waals surface area contributed by atoms with Gasteiger partial charge in [-0.2, -0.15) is 0 Å². The molecule has 1 aromatic rings. The molecule has 1 nitrogen and oxygen atoms in total. The molecule has 1 aliphatic heterocycles. The number of nitrogens with one attached hydrogen (secondary N) is 1. The second-order valence-electron chi connectivity index (χ2n) is 4.37. The first-order chi connectivity index (χ1) is 7.72. The lowest BCUT2D eigenvalue weighted by Crippen LogP contribution is -2.37. The highest BCUT2D eigenvalue weighted by Gasteiger charge is 2.28. The van der Waals surface area contributed by atoms with E-state index in [9.17, 15) is 4.39 Å². The topological polar surface area (TPSA) is 12.0 Å². The average molecular weight is 242 g/mol. The van der Waals surface area contributed by atoms with Crippen molar-refractivity contribution in [3.05, 3.63) is 34.3 Å². The summed E-state index contributed by atoms with van der Waals surface area (Å²) in [6.45, 7) is 2.88. The zero-order valence-electron chi connectivity index (χ0n) is 9.47. The van der Waals surface area contributed by atoms with E-state index in [4.69, 9.17) is 11.6 Å². The van der Waals surface area contributed by atoms with Crippen molar-refractivity contribution in [2.24, 2.45) is 0 Å². The maximum atomic E-state index is 14.2. The van der Waals surface area contributed by atoms with E-state index in [1.165, 1.54) is 0 Å². The fourth-order valence-corrected chi connectivity index (χ4v) is 2.40. The Labute approximate surface area is 101 Å². The van der Waals surface area contributed by atoms with Crippen LogP contribution in [0.3, 0.4) is 0 Å². The summed E-state index contributed by atoms with van der Waals surface area (Å²) in [5.41, 5.74) is 1.80. The molecule has 88 valence electrons. The van der Waals surface area contributed by atoms with Crippen LogP contribution >= 0.6 is 11.6 Å². The summed E-state index contributed by atoms with van der Waals surface area (Å²) in [7, 11) is 0. The smallest absolute Gasteiger partial charge is 0.141 e. The highest BCUT2D eigenvalue weighted by molar-refractivity contribution is 6.30. The zero-order valence-corrected chi connectivity index (χ0v) is 10.2. The predicted molar refractivity (Wildman–Crippen MR) is 65.5 cm³/mol. The summed E-state index contributed by atoms with van der Waals surface area (Å²) in [6.07, 6.45) is 2.14. The first-order valence-electron chi connectivity index (χ1n) is 5.88. The molecule has 0 saturated carbocycles. The van der Waals surface area contributed by atoms with Crippen LogP contribution in [0.5, 0.6) is 0 Å². The van der Waals surface area contributed by atoms with E-state index in [-0.39, 0.29) is 6.04 Å².